The molecule has 1 saturated carbocycles. The molecule has 1 fully saturated rings. The van der Waals surface area contributed by atoms with Gasteiger partial charge in [-0.25, -0.2) is 22.8 Å². The number of carbonyl (C=O) groups is 2. The quantitative estimate of drug-likeness (QED) is 0.321. The lowest BCUT2D eigenvalue weighted by Gasteiger charge is -2.15. The van der Waals surface area contributed by atoms with E-state index >= 15 is 4.39 Å². The molecule has 2 aromatic heterocycles. The second-order valence-electron chi connectivity index (χ2n) is 8.47. The van der Waals surface area contributed by atoms with E-state index < -0.39 is 38.5 Å². The molecule has 0 saturated heterocycles. The molecule has 2 heterocycles. The van der Waals surface area contributed by atoms with Gasteiger partial charge in [0, 0.05) is 36.5 Å². The van der Waals surface area contributed by atoms with Gasteiger partial charge in [0.2, 0.25) is 17.7 Å². The van der Waals surface area contributed by atoms with Crippen molar-refractivity contribution >= 4 is 48.9 Å². The number of aromatic nitrogens is 2. The Kier molecular flexibility index (Phi) is 7.90. The first kappa shape index (κ1) is 26.7. The molecule has 2 amide bonds. The van der Waals surface area contributed by atoms with E-state index in [-0.39, 0.29) is 46.8 Å². The average molecular weight is 552 g/mol. The molecule has 1 aliphatic carbocycles. The number of fused-ring (bicyclic) bond motifs is 1. The van der Waals surface area contributed by atoms with E-state index in [2.05, 4.69) is 20.6 Å². The molecule has 3 aromatic rings. The topological polar surface area (TPSA) is 163 Å². The van der Waals surface area contributed by atoms with E-state index in [1.807, 2.05) is 0 Å². The van der Waals surface area contributed by atoms with Crippen LogP contribution in [0.25, 0.3) is 21.3 Å². The number of nitrogen functional groups attached to an aromatic ring is 1. The van der Waals surface area contributed by atoms with Crippen LogP contribution in [-0.4, -0.2) is 69.4 Å². The monoisotopic (exact) mass is 551 g/mol. The highest BCUT2D eigenvalue weighted by Gasteiger charge is 2.37. The molecule has 14 heteroatoms. The second kappa shape index (κ2) is 10.9. The number of ether oxygens (including phenoxy) is 2. The lowest BCUT2D eigenvalue weighted by atomic mass is 10.1. The molecule has 198 valence electrons. The highest BCUT2D eigenvalue weighted by molar-refractivity contribution is 7.92. The first-order chi connectivity index (χ1) is 17.6. The first-order valence-corrected chi connectivity index (χ1v) is 13.8. The molecular weight excluding hydrogens is 525 g/mol. The van der Waals surface area contributed by atoms with Gasteiger partial charge in [0.25, 0.3) is 0 Å². The maximum Gasteiger partial charge on any atom is 0.245 e. The van der Waals surface area contributed by atoms with Crippen LogP contribution >= 0.6 is 11.3 Å². The van der Waals surface area contributed by atoms with Crippen LogP contribution in [0.5, 0.6) is 5.88 Å². The van der Waals surface area contributed by atoms with Gasteiger partial charge < -0.3 is 25.8 Å². The number of nitrogens with zero attached hydrogens (tertiary/aromatic N) is 2. The number of hydrogen-bond acceptors (Lipinski definition) is 10. The zero-order chi connectivity index (χ0) is 26.7. The molecule has 1 aliphatic rings. The molecule has 0 aliphatic heterocycles. The minimum absolute atomic E-state index is 0.0462. The Morgan fingerprint density at radius 3 is 2.68 bits per heavy atom. The van der Waals surface area contributed by atoms with Gasteiger partial charge in [0.05, 0.1) is 41.9 Å². The van der Waals surface area contributed by atoms with E-state index in [0.29, 0.717) is 10.3 Å². The number of pyridine rings is 1. The standard InChI is InChI=1S/C23H26FN5O6S2/c1-34-5-6-37(32,33)20(21(31)26-11-19(30)28-13-3-4-13)23-29-17-9-15(24)14(8-18(17)36-23)12-7-16(25)22(35-2)27-10-12/h7-10,13,20H,3-6,11,25H2,1-2H3,(H,26,31)(H,28,30). The van der Waals surface area contributed by atoms with E-state index in [0.717, 1.165) is 30.2 Å². The summed E-state index contributed by atoms with van der Waals surface area (Å²) in [4.78, 5) is 33.4. The van der Waals surface area contributed by atoms with Crippen molar-refractivity contribution in [2.45, 2.75) is 24.1 Å². The molecule has 0 bridgehead atoms. The van der Waals surface area contributed by atoms with Crippen LogP contribution in [0.1, 0.15) is 23.1 Å². The second-order valence-corrected chi connectivity index (χ2v) is 11.7. The summed E-state index contributed by atoms with van der Waals surface area (Å²) in [6.07, 6.45) is 3.15. The maximum atomic E-state index is 15.0. The molecule has 1 aromatic carbocycles. The predicted octanol–water partition coefficient (Wildman–Crippen LogP) is 1.59. The SMILES string of the molecule is COCCS(=O)(=O)C(C(=O)NCC(=O)NC1CC1)c1nc2cc(F)c(-c3cnc(OC)c(N)c3)cc2s1. The van der Waals surface area contributed by atoms with Crippen molar-refractivity contribution in [3.8, 4) is 17.0 Å². The Morgan fingerprint density at radius 2 is 2.03 bits per heavy atom. The van der Waals surface area contributed by atoms with E-state index in [1.165, 1.54) is 32.5 Å². The Balaban J connectivity index is 1.67. The Hall–Kier alpha value is -3.36. The minimum Gasteiger partial charge on any atom is -0.480 e. The largest absolute Gasteiger partial charge is 0.480 e. The van der Waals surface area contributed by atoms with Crippen molar-refractivity contribution in [2.75, 3.05) is 38.9 Å². The zero-order valence-electron chi connectivity index (χ0n) is 20.1. The van der Waals surface area contributed by atoms with Crippen molar-refractivity contribution in [3.63, 3.8) is 0 Å². The van der Waals surface area contributed by atoms with Crippen molar-refractivity contribution in [1.82, 2.24) is 20.6 Å². The highest BCUT2D eigenvalue weighted by Crippen LogP contribution is 2.36. The Labute approximate surface area is 216 Å². The maximum absolute atomic E-state index is 15.0. The minimum atomic E-state index is -4.08. The summed E-state index contributed by atoms with van der Waals surface area (Å²) in [5.41, 5.74) is 6.86. The molecule has 4 N–H and O–H groups in total. The van der Waals surface area contributed by atoms with Gasteiger partial charge in [-0.3, -0.25) is 9.59 Å². The van der Waals surface area contributed by atoms with E-state index in [4.69, 9.17) is 15.2 Å². The molecule has 4 rings (SSSR count). The Bertz CT molecular complexity index is 1440. The van der Waals surface area contributed by atoms with Gasteiger partial charge in [-0.15, -0.1) is 11.3 Å². The summed E-state index contributed by atoms with van der Waals surface area (Å²) in [6, 6.07) is 4.26. The zero-order valence-corrected chi connectivity index (χ0v) is 21.7. The number of rotatable bonds is 11. The van der Waals surface area contributed by atoms with Crippen LogP contribution in [0.3, 0.4) is 0 Å². The van der Waals surface area contributed by atoms with E-state index in [1.54, 1.807) is 0 Å². The first-order valence-electron chi connectivity index (χ1n) is 11.3. The van der Waals surface area contributed by atoms with Gasteiger partial charge in [-0.2, -0.15) is 0 Å². The summed E-state index contributed by atoms with van der Waals surface area (Å²) >= 11 is 0.943. The number of nitrogens with two attached hydrogens (primary N) is 1. The van der Waals surface area contributed by atoms with Gasteiger partial charge in [-0.1, -0.05) is 0 Å². The van der Waals surface area contributed by atoms with Gasteiger partial charge >= 0.3 is 0 Å². The van der Waals surface area contributed by atoms with Crippen LogP contribution < -0.4 is 21.1 Å². The van der Waals surface area contributed by atoms with Crippen LogP contribution in [0.4, 0.5) is 10.1 Å². The molecule has 1 unspecified atom stereocenters. The number of amides is 2. The van der Waals surface area contributed by atoms with Gasteiger partial charge in [0.15, 0.2) is 15.1 Å². The van der Waals surface area contributed by atoms with Crippen molar-refractivity contribution in [3.05, 3.63) is 35.2 Å². The highest BCUT2D eigenvalue weighted by atomic mass is 32.2. The van der Waals surface area contributed by atoms with Crippen LogP contribution in [0, 0.1) is 5.82 Å². The third-order valence-electron chi connectivity index (χ3n) is 5.64. The van der Waals surface area contributed by atoms with Gasteiger partial charge in [0.1, 0.15) is 10.8 Å². The predicted molar refractivity (Wildman–Crippen MR) is 136 cm³/mol. The van der Waals surface area contributed by atoms with Crippen molar-refractivity contribution in [1.29, 1.82) is 0 Å². The van der Waals surface area contributed by atoms with Crippen molar-refractivity contribution in [2.24, 2.45) is 0 Å². The van der Waals surface area contributed by atoms with E-state index in [9.17, 15) is 18.0 Å². The number of carbonyl (C=O) groups excluding carboxylic acids is 2. The molecule has 37 heavy (non-hydrogen) atoms. The third-order valence-corrected chi connectivity index (χ3v) is 8.76. The number of benzene rings is 1. The fraction of sp³-hybridized carbons (Fsp3) is 0.391. The third kappa shape index (κ3) is 6.14. The molecule has 1 atom stereocenters. The molecule has 0 spiro atoms. The van der Waals surface area contributed by atoms with Crippen molar-refractivity contribution < 1.29 is 31.9 Å². The smallest absolute Gasteiger partial charge is 0.245 e. The molecular formula is C23H26FN5O6S2. The summed E-state index contributed by atoms with van der Waals surface area (Å²) in [5.74, 6) is -2.18. The lowest BCUT2D eigenvalue weighted by Crippen LogP contribution is -2.41. The Morgan fingerprint density at radius 1 is 1.27 bits per heavy atom. The summed E-state index contributed by atoms with van der Waals surface area (Å²) in [5, 5.41) is 3.37. The number of thiazole rings is 1. The number of anilines is 1. The van der Waals surface area contributed by atoms with Crippen LogP contribution in [0.15, 0.2) is 24.4 Å². The summed E-state index contributed by atoms with van der Waals surface area (Å²) in [7, 11) is -1.33. The lowest BCUT2D eigenvalue weighted by molar-refractivity contribution is -0.126. The number of halogens is 1. The summed E-state index contributed by atoms with van der Waals surface area (Å²) in [6.45, 7) is -0.509. The summed E-state index contributed by atoms with van der Waals surface area (Å²) < 4.78 is 51.6. The van der Waals surface area contributed by atoms with Crippen LogP contribution in [0.2, 0.25) is 0 Å². The number of nitrogens with one attached hydrogen (secondary N) is 2. The molecule has 11 nitrogen and oxygen atoms in total. The van der Waals surface area contributed by atoms with Gasteiger partial charge in [-0.05, 0) is 25.0 Å². The average Bonchev–Trinajstić information content (AvgIpc) is 3.58. The number of hydrogen-bond donors (Lipinski definition) is 3. The number of methoxy groups -OCH3 is 2. The normalized spacial score (nSPS) is 14.4. The van der Waals surface area contributed by atoms with Crippen LogP contribution in [-0.2, 0) is 24.2 Å². The molecule has 0 radical (unpaired) electrons. The fourth-order valence-corrected chi connectivity index (χ4v) is 6.56. The number of sulfone groups is 1. The fourth-order valence-electron chi connectivity index (χ4n) is 3.60.